The number of carbonyl (C=O) groups is 1. The second-order valence-corrected chi connectivity index (χ2v) is 5.87. The first-order valence-electron chi connectivity index (χ1n) is 7.29. The summed E-state index contributed by atoms with van der Waals surface area (Å²) in [5.41, 5.74) is 2.88. The van der Waals surface area contributed by atoms with Gasteiger partial charge in [0.15, 0.2) is 0 Å². The molecule has 2 amide bonds. The molecule has 0 unspecified atom stereocenters. The van der Waals surface area contributed by atoms with Crippen LogP contribution in [0.4, 0.5) is 9.18 Å². The highest BCUT2D eigenvalue weighted by Gasteiger charge is 2.11. The summed E-state index contributed by atoms with van der Waals surface area (Å²) in [6.45, 7) is 2.82. The Morgan fingerprint density at radius 3 is 2.83 bits per heavy atom. The molecule has 2 aromatic rings. The predicted molar refractivity (Wildman–Crippen MR) is 87.9 cm³/mol. The molecule has 1 heterocycles. The first-order chi connectivity index (χ1) is 10.9. The third-order valence-electron chi connectivity index (χ3n) is 3.76. The van der Waals surface area contributed by atoms with Gasteiger partial charge in [-0.1, -0.05) is 17.7 Å². The normalized spacial score (nSPS) is 10.7. The zero-order valence-corrected chi connectivity index (χ0v) is 14.2. The molecule has 1 aromatic heterocycles. The first-order valence-corrected chi connectivity index (χ1v) is 7.66. The Hall–Kier alpha value is -2.08. The summed E-state index contributed by atoms with van der Waals surface area (Å²) in [5.74, 6) is -0.481. The van der Waals surface area contributed by atoms with E-state index in [9.17, 15) is 9.18 Å². The molecule has 0 saturated heterocycles. The molecule has 5 nitrogen and oxygen atoms in total. The summed E-state index contributed by atoms with van der Waals surface area (Å²) in [6.07, 6.45) is 2.52. The number of rotatable bonds is 5. The third kappa shape index (κ3) is 4.45. The van der Waals surface area contributed by atoms with Gasteiger partial charge < -0.3 is 10.2 Å². The first kappa shape index (κ1) is 17.3. The number of nitrogens with one attached hydrogen (secondary N) is 1. The maximum absolute atomic E-state index is 13.4. The number of nitrogens with zero attached hydrogens (tertiary/aromatic N) is 3. The van der Waals surface area contributed by atoms with E-state index < -0.39 is 5.82 Å². The standard InChI is InChI=1S/C16H20ClFN4O/c1-11-13(9-20-22(11)3)6-7-19-16(23)21(2)10-12-4-5-14(17)15(18)8-12/h4-5,8-9H,6-7,10H2,1-3H3,(H,19,23). The van der Waals surface area contributed by atoms with Gasteiger partial charge in [-0.3, -0.25) is 4.68 Å². The Bertz CT molecular complexity index is 701. The highest BCUT2D eigenvalue weighted by molar-refractivity contribution is 6.30. The quantitative estimate of drug-likeness (QED) is 0.911. The topological polar surface area (TPSA) is 50.2 Å². The smallest absolute Gasteiger partial charge is 0.317 e. The van der Waals surface area contributed by atoms with E-state index in [0.717, 1.165) is 17.7 Å². The van der Waals surface area contributed by atoms with Crippen LogP contribution in [0.25, 0.3) is 0 Å². The van der Waals surface area contributed by atoms with E-state index in [1.807, 2.05) is 20.2 Å². The van der Waals surface area contributed by atoms with Gasteiger partial charge >= 0.3 is 6.03 Å². The zero-order valence-electron chi connectivity index (χ0n) is 13.4. The Morgan fingerprint density at radius 1 is 1.48 bits per heavy atom. The zero-order chi connectivity index (χ0) is 17.0. The molecule has 1 N–H and O–H groups in total. The van der Waals surface area contributed by atoms with Crippen LogP contribution in [0.5, 0.6) is 0 Å². The number of carbonyl (C=O) groups excluding carboxylic acids is 1. The fourth-order valence-corrected chi connectivity index (χ4v) is 2.33. The molecule has 0 radical (unpaired) electrons. The van der Waals surface area contributed by atoms with Crippen molar-refractivity contribution in [2.45, 2.75) is 19.9 Å². The number of benzene rings is 1. The summed E-state index contributed by atoms with van der Waals surface area (Å²) >= 11 is 5.65. The van der Waals surface area contributed by atoms with Crippen LogP contribution in [0.1, 0.15) is 16.8 Å². The van der Waals surface area contributed by atoms with E-state index in [2.05, 4.69) is 10.4 Å². The van der Waals surface area contributed by atoms with Crippen molar-refractivity contribution in [2.75, 3.05) is 13.6 Å². The fraction of sp³-hybridized carbons (Fsp3) is 0.375. The van der Waals surface area contributed by atoms with Gasteiger partial charge in [0.2, 0.25) is 0 Å². The lowest BCUT2D eigenvalue weighted by Gasteiger charge is -2.18. The van der Waals surface area contributed by atoms with E-state index in [-0.39, 0.29) is 11.1 Å². The van der Waals surface area contributed by atoms with Crippen LogP contribution >= 0.6 is 11.6 Å². The van der Waals surface area contributed by atoms with Crippen molar-refractivity contribution in [3.8, 4) is 0 Å². The lowest BCUT2D eigenvalue weighted by Crippen LogP contribution is -2.37. The van der Waals surface area contributed by atoms with Gasteiger partial charge in [0.25, 0.3) is 0 Å². The molecule has 0 aliphatic carbocycles. The van der Waals surface area contributed by atoms with E-state index in [4.69, 9.17) is 11.6 Å². The molecule has 0 aliphatic rings. The number of hydrogen-bond donors (Lipinski definition) is 1. The SMILES string of the molecule is Cc1c(CCNC(=O)N(C)Cc2ccc(Cl)c(F)c2)cnn1C. The van der Waals surface area contributed by atoms with Gasteiger partial charge in [-0.15, -0.1) is 0 Å². The van der Waals surface area contributed by atoms with Crippen molar-refractivity contribution >= 4 is 17.6 Å². The lowest BCUT2D eigenvalue weighted by molar-refractivity contribution is 0.207. The van der Waals surface area contributed by atoms with Crippen molar-refractivity contribution in [2.24, 2.45) is 7.05 Å². The van der Waals surface area contributed by atoms with Crippen molar-refractivity contribution in [1.82, 2.24) is 20.0 Å². The minimum atomic E-state index is -0.481. The number of amides is 2. The summed E-state index contributed by atoms with van der Waals surface area (Å²) in [4.78, 5) is 13.6. The summed E-state index contributed by atoms with van der Waals surface area (Å²) in [7, 11) is 3.55. The Labute approximate surface area is 140 Å². The van der Waals surface area contributed by atoms with Gasteiger partial charge in [-0.2, -0.15) is 5.10 Å². The second kappa shape index (κ2) is 7.46. The van der Waals surface area contributed by atoms with Crippen LogP contribution in [-0.4, -0.2) is 34.3 Å². The minimum absolute atomic E-state index is 0.0766. The number of urea groups is 1. The molecule has 0 atom stereocenters. The van der Waals surface area contributed by atoms with Crippen LogP contribution in [-0.2, 0) is 20.0 Å². The molecular weight excluding hydrogens is 319 g/mol. The number of halogens is 2. The fourth-order valence-electron chi connectivity index (χ4n) is 2.21. The van der Waals surface area contributed by atoms with Crippen molar-refractivity contribution < 1.29 is 9.18 Å². The molecule has 0 aliphatic heterocycles. The summed E-state index contributed by atoms with van der Waals surface area (Å²) in [5, 5.41) is 7.09. The van der Waals surface area contributed by atoms with Crippen LogP contribution in [0.15, 0.2) is 24.4 Å². The highest BCUT2D eigenvalue weighted by Crippen LogP contribution is 2.16. The van der Waals surface area contributed by atoms with Gasteiger partial charge in [0.1, 0.15) is 5.82 Å². The summed E-state index contributed by atoms with van der Waals surface area (Å²) in [6, 6.07) is 4.32. The molecule has 0 bridgehead atoms. The number of hydrogen-bond acceptors (Lipinski definition) is 2. The van der Waals surface area contributed by atoms with Crippen LogP contribution in [0.2, 0.25) is 5.02 Å². The Balaban J connectivity index is 1.82. The van der Waals surface area contributed by atoms with Gasteiger partial charge in [0.05, 0.1) is 11.2 Å². The van der Waals surface area contributed by atoms with E-state index in [1.165, 1.54) is 17.0 Å². The maximum Gasteiger partial charge on any atom is 0.317 e. The molecule has 1 aromatic carbocycles. The highest BCUT2D eigenvalue weighted by atomic mass is 35.5. The molecule has 7 heteroatoms. The largest absolute Gasteiger partial charge is 0.338 e. The van der Waals surface area contributed by atoms with Crippen molar-refractivity contribution in [3.05, 3.63) is 52.1 Å². The molecular formula is C16H20ClFN4O. The maximum atomic E-state index is 13.4. The van der Waals surface area contributed by atoms with E-state index >= 15 is 0 Å². The van der Waals surface area contributed by atoms with Gasteiger partial charge in [-0.25, -0.2) is 9.18 Å². The van der Waals surface area contributed by atoms with Crippen LogP contribution < -0.4 is 5.32 Å². The Morgan fingerprint density at radius 2 is 2.22 bits per heavy atom. The summed E-state index contributed by atoms with van der Waals surface area (Å²) < 4.78 is 15.2. The molecule has 0 fully saturated rings. The molecule has 124 valence electrons. The lowest BCUT2D eigenvalue weighted by atomic mass is 10.2. The van der Waals surface area contributed by atoms with Crippen LogP contribution in [0, 0.1) is 12.7 Å². The second-order valence-electron chi connectivity index (χ2n) is 5.47. The van der Waals surface area contributed by atoms with Gasteiger partial charge in [-0.05, 0) is 36.6 Å². The Kier molecular flexibility index (Phi) is 5.60. The monoisotopic (exact) mass is 338 g/mol. The predicted octanol–water partition coefficient (Wildman–Crippen LogP) is 2.91. The van der Waals surface area contributed by atoms with Crippen molar-refractivity contribution in [3.63, 3.8) is 0 Å². The average Bonchev–Trinajstić information content (AvgIpc) is 2.83. The van der Waals surface area contributed by atoms with E-state index in [0.29, 0.717) is 18.7 Å². The number of aromatic nitrogens is 2. The molecule has 0 saturated carbocycles. The van der Waals surface area contributed by atoms with Gasteiger partial charge in [0, 0.05) is 32.9 Å². The molecule has 2 rings (SSSR count). The number of aryl methyl sites for hydroxylation is 1. The van der Waals surface area contributed by atoms with Crippen molar-refractivity contribution in [1.29, 1.82) is 0 Å². The van der Waals surface area contributed by atoms with E-state index in [1.54, 1.807) is 17.8 Å². The minimum Gasteiger partial charge on any atom is -0.338 e. The third-order valence-corrected chi connectivity index (χ3v) is 4.06. The molecule has 0 spiro atoms. The molecule has 23 heavy (non-hydrogen) atoms. The van der Waals surface area contributed by atoms with Crippen LogP contribution in [0.3, 0.4) is 0 Å². The average molecular weight is 339 g/mol.